The number of carbonyl (C=O) groups excluding carboxylic acids is 2. The predicted octanol–water partition coefficient (Wildman–Crippen LogP) is 2.88. The molecule has 1 fully saturated rings. The van der Waals surface area contributed by atoms with Gasteiger partial charge in [0.15, 0.2) is 0 Å². The number of para-hydroxylation sites is 1. The van der Waals surface area contributed by atoms with Gasteiger partial charge in [-0.25, -0.2) is 4.79 Å². The van der Waals surface area contributed by atoms with Gasteiger partial charge in [-0.3, -0.25) is 4.79 Å². The number of amides is 3. The Morgan fingerprint density at radius 2 is 1.75 bits per heavy atom. The third-order valence-corrected chi connectivity index (χ3v) is 5.01. The fourth-order valence-corrected chi connectivity index (χ4v) is 3.35. The van der Waals surface area contributed by atoms with Gasteiger partial charge in [-0.1, -0.05) is 41.9 Å². The lowest BCUT2D eigenvalue weighted by Crippen LogP contribution is -2.55. The molecule has 1 heterocycles. The molecular weight excluding hydrogens is 376 g/mol. The van der Waals surface area contributed by atoms with Gasteiger partial charge < -0.3 is 20.4 Å². The van der Waals surface area contributed by atoms with Crippen molar-refractivity contribution >= 4 is 29.2 Å². The molecule has 7 heteroatoms. The number of urea groups is 1. The number of anilines is 1. The molecule has 2 N–H and O–H groups in total. The summed E-state index contributed by atoms with van der Waals surface area (Å²) in [5, 5.41) is 6.23. The largest absolute Gasteiger partial charge is 0.368 e. The number of piperazine rings is 1. The molecule has 28 heavy (non-hydrogen) atoms. The van der Waals surface area contributed by atoms with Crippen molar-refractivity contribution in [2.75, 3.05) is 31.1 Å². The summed E-state index contributed by atoms with van der Waals surface area (Å²) in [6.45, 7) is 4.84. The predicted molar refractivity (Wildman–Crippen MR) is 112 cm³/mol. The standard InChI is InChI=1S/C21H25ClN4O2/c1-16(20(27)23-15-17-6-5-7-18(22)14-17)24-21(28)26-12-10-25(11-13-26)19-8-3-2-4-9-19/h2-9,14,16H,10-13,15H2,1H3,(H,23,27)(H,24,28)/t16-/m0/s1. The van der Waals surface area contributed by atoms with E-state index < -0.39 is 6.04 Å². The van der Waals surface area contributed by atoms with Gasteiger partial charge in [0.05, 0.1) is 0 Å². The molecule has 0 bridgehead atoms. The molecule has 1 saturated heterocycles. The van der Waals surface area contributed by atoms with Crippen molar-refractivity contribution in [2.45, 2.75) is 19.5 Å². The van der Waals surface area contributed by atoms with Crippen LogP contribution in [0.3, 0.4) is 0 Å². The first kappa shape index (κ1) is 20.0. The molecule has 1 aliphatic rings. The average Bonchev–Trinajstić information content (AvgIpc) is 2.72. The van der Waals surface area contributed by atoms with Gasteiger partial charge in [0, 0.05) is 43.4 Å². The Morgan fingerprint density at radius 3 is 2.43 bits per heavy atom. The summed E-state index contributed by atoms with van der Waals surface area (Å²) in [5.74, 6) is -0.226. The third kappa shape index (κ3) is 5.39. The Balaban J connectivity index is 1.43. The van der Waals surface area contributed by atoms with Crippen LogP contribution in [0, 0.1) is 0 Å². The normalized spacial score (nSPS) is 15.1. The van der Waals surface area contributed by atoms with Crippen LogP contribution in [0.5, 0.6) is 0 Å². The zero-order valence-electron chi connectivity index (χ0n) is 15.9. The van der Waals surface area contributed by atoms with Crippen molar-refractivity contribution in [1.29, 1.82) is 0 Å². The van der Waals surface area contributed by atoms with E-state index in [1.165, 1.54) is 0 Å². The Labute approximate surface area is 170 Å². The monoisotopic (exact) mass is 400 g/mol. The van der Waals surface area contributed by atoms with Crippen LogP contribution in [-0.2, 0) is 11.3 Å². The number of hydrogen-bond acceptors (Lipinski definition) is 3. The molecule has 6 nitrogen and oxygen atoms in total. The summed E-state index contributed by atoms with van der Waals surface area (Å²) in [4.78, 5) is 28.7. The van der Waals surface area contributed by atoms with Crippen molar-refractivity contribution in [3.8, 4) is 0 Å². The van der Waals surface area contributed by atoms with Crippen LogP contribution in [0.4, 0.5) is 10.5 Å². The lowest BCUT2D eigenvalue weighted by Gasteiger charge is -2.36. The van der Waals surface area contributed by atoms with E-state index in [0.717, 1.165) is 24.3 Å². The number of halogens is 1. The van der Waals surface area contributed by atoms with Gasteiger partial charge in [0.25, 0.3) is 0 Å². The van der Waals surface area contributed by atoms with Gasteiger partial charge in [0.2, 0.25) is 5.91 Å². The number of nitrogens with one attached hydrogen (secondary N) is 2. The first-order chi connectivity index (χ1) is 13.5. The second kappa shape index (κ2) is 9.46. The maximum atomic E-state index is 12.5. The zero-order chi connectivity index (χ0) is 19.9. The van der Waals surface area contributed by atoms with Crippen molar-refractivity contribution in [2.24, 2.45) is 0 Å². The summed E-state index contributed by atoms with van der Waals surface area (Å²) in [7, 11) is 0. The topological polar surface area (TPSA) is 64.7 Å². The lowest BCUT2D eigenvalue weighted by atomic mass is 10.2. The molecule has 0 spiro atoms. The van der Waals surface area contributed by atoms with Gasteiger partial charge in [-0.2, -0.15) is 0 Å². The van der Waals surface area contributed by atoms with E-state index in [4.69, 9.17) is 11.6 Å². The van der Waals surface area contributed by atoms with Gasteiger partial charge in [-0.05, 0) is 36.8 Å². The summed E-state index contributed by atoms with van der Waals surface area (Å²) in [6.07, 6.45) is 0. The first-order valence-corrected chi connectivity index (χ1v) is 9.78. The number of rotatable bonds is 5. The minimum atomic E-state index is -0.612. The van der Waals surface area contributed by atoms with Crippen molar-refractivity contribution < 1.29 is 9.59 Å². The highest BCUT2D eigenvalue weighted by atomic mass is 35.5. The Morgan fingerprint density at radius 1 is 1.04 bits per heavy atom. The maximum Gasteiger partial charge on any atom is 0.318 e. The third-order valence-electron chi connectivity index (χ3n) is 4.78. The Hall–Kier alpha value is -2.73. The van der Waals surface area contributed by atoms with E-state index in [1.807, 2.05) is 30.3 Å². The number of carbonyl (C=O) groups is 2. The molecule has 3 amide bonds. The molecule has 0 unspecified atom stereocenters. The van der Waals surface area contributed by atoms with E-state index >= 15 is 0 Å². The molecule has 2 aromatic rings. The molecule has 0 aliphatic carbocycles. The fourth-order valence-electron chi connectivity index (χ4n) is 3.14. The van der Waals surface area contributed by atoms with Gasteiger partial charge >= 0.3 is 6.03 Å². The molecule has 1 aliphatic heterocycles. The van der Waals surface area contributed by atoms with Crippen molar-refractivity contribution in [3.05, 3.63) is 65.2 Å². The number of hydrogen-bond donors (Lipinski definition) is 2. The quantitative estimate of drug-likeness (QED) is 0.811. The molecule has 3 rings (SSSR count). The summed E-state index contributed by atoms with van der Waals surface area (Å²) >= 11 is 5.95. The van der Waals surface area contributed by atoms with Crippen LogP contribution in [0.25, 0.3) is 0 Å². The highest BCUT2D eigenvalue weighted by molar-refractivity contribution is 6.30. The highest BCUT2D eigenvalue weighted by Gasteiger charge is 2.24. The van der Waals surface area contributed by atoms with Crippen LogP contribution in [0.1, 0.15) is 12.5 Å². The molecule has 2 aromatic carbocycles. The SMILES string of the molecule is C[C@H](NC(=O)N1CCN(c2ccccc2)CC1)C(=O)NCc1cccc(Cl)c1. The smallest absolute Gasteiger partial charge is 0.318 e. The highest BCUT2D eigenvalue weighted by Crippen LogP contribution is 2.15. The van der Waals surface area contributed by atoms with E-state index in [0.29, 0.717) is 24.7 Å². The molecule has 0 aromatic heterocycles. The van der Waals surface area contributed by atoms with Gasteiger partial charge in [-0.15, -0.1) is 0 Å². The maximum absolute atomic E-state index is 12.5. The number of benzene rings is 2. The molecule has 1 atom stereocenters. The molecule has 148 valence electrons. The molecular formula is C21H25ClN4O2. The average molecular weight is 401 g/mol. The first-order valence-electron chi connectivity index (χ1n) is 9.40. The zero-order valence-corrected chi connectivity index (χ0v) is 16.7. The Bertz CT molecular complexity index is 807. The van der Waals surface area contributed by atoms with Crippen LogP contribution in [0.2, 0.25) is 5.02 Å². The van der Waals surface area contributed by atoms with Crippen LogP contribution in [-0.4, -0.2) is 49.1 Å². The van der Waals surface area contributed by atoms with E-state index in [9.17, 15) is 9.59 Å². The lowest BCUT2D eigenvalue weighted by molar-refractivity contribution is -0.122. The minimum Gasteiger partial charge on any atom is -0.368 e. The van der Waals surface area contributed by atoms with Crippen molar-refractivity contribution in [3.63, 3.8) is 0 Å². The van der Waals surface area contributed by atoms with Crippen molar-refractivity contribution in [1.82, 2.24) is 15.5 Å². The minimum absolute atomic E-state index is 0.210. The van der Waals surface area contributed by atoms with Crippen LogP contribution >= 0.6 is 11.6 Å². The summed E-state index contributed by atoms with van der Waals surface area (Å²) in [5.41, 5.74) is 2.08. The van der Waals surface area contributed by atoms with E-state index in [-0.39, 0.29) is 11.9 Å². The van der Waals surface area contributed by atoms with Crippen LogP contribution in [0.15, 0.2) is 54.6 Å². The van der Waals surface area contributed by atoms with E-state index in [1.54, 1.807) is 24.0 Å². The van der Waals surface area contributed by atoms with Gasteiger partial charge in [0.1, 0.15) is 6.04 Å². The Kier molecular flexibility index (Phi) is 6.76. The fraction of sp³-hybridized carbons (Fsp3) is 0.333. The van der Waals surface area contributed by atoms with Crippen LogP contribution < -0.4 is 15.5 Å². The summed E-state index contributed by atoms with van der Waals surface area (Å²) in [6, 6.07) is 16.7. The second-order valence-corrected chi connectivity index (χ2v) is 7.26. The number of nitrogens with zero attached hydrogens (tertiary/aromatic N) is 2. The molecule has 0 saturated carbocycles. The molecule has 0 radical (unpaired) electrons. The van der Waals surface area contributed by atoms with E-state index in [2.05, 4.69) is 27.7 Å². The summed E-state index contributed by atoms with van der Waals surface area (Å²) < 4.78 is 0. The second-order valence-electron chi connectivity index (χ2n) is 6.83.